The summed E-state index contributed by atoms with van der Waals surface area (Å²) in [5.74, 6) is 0.525. The molecular weight excluding hydrogens is 364 g/mol. The molecule has 0 saturated carbocycles. The van der Waals surface area contributed by atoms with E-state index >= 15 is 0 Å². The number of thioether (sulfide) groups is 1. The number of nitrogens with one attached hydrogen (secondary N) is 2. The third kappa shape index (κ3) is 3.11. The van der Waals surface area contributed by atoms with Crippen LogP contribution in [0.1, 0.15) is 16.9 Å². The lowest BCUT2D eigenvalue weighted by Gasteiger charge is -2.02. The zero-order valence-corrected chi connectivity index (χ0v) is 15.3. The minimum atomic E-state index is -0.314. The summed E-state index contributed by atoms with van der Waals surface area (Å²) in [6.45, 7) is 3.52. The van der Waals surface area contributed by atoms with Crippen molar-refractivity contribution in [3.63, 3.8) is 0 Å². The van der Waals surface area contributed by atoms with Crippen LogP contribution in [0.15, 0.2) is 33.8 Å². The molecule has 3 aromatic heterocycles. The number of carbonyl (C=O) groups is 1. The summed E-state index contributed by atoms with van der Waals surface area (Å²) in [5.41, 5.74) is 3.31. The van der Waals surface area contributed by atoms with E-state index in [-0.39, 0.29) is 17.5 Å². The number of benzene rings is 1. The topological polar surface area (TPSA) is 120 Å². The highest BCUT2D eigenvalue weighted by Gasteiger charge is 2.17. The van der Waals surface area contributed by atoms with Gasteiger partial charge in [0.25, 0.3) is 0 Å². The van der Waals surface area contributed by atoms with Crippen molar-refractivity contribution in [1.82, 2.24) is 20.2 Å². The van der Waals surface area contributed by atoms with Crippen LogP contribution in [0.2, 0.25) is 0 Å². The van der Waals surface area contributed by atoms with Crippen molar-refractivity contribution < 1.29 is 9.21 Å². The molecule has 0 fully saturated rings. The minimum absolute atomic E-state index is 0.0665. The Morgan fingerprint density at radius 3 is 2.96 bits per heavy atom. The number of hydrogen-bond acceptors (Lipinski definition) is 7. The van der Waals surface area contributed by atoms with Crippen LogP contribution in [0, 0.1) is 25.2 Å². The van der Waals surface area contributed by atoms with E-state index < -0.39 is 0 Å². The summed E-state index contributed by atoms with van der Waals surface area (Å²) in [5, 5.41) is 21.5. The molecule has 0 aliphatic heterocycles. The summed E-state index contributed by atoms with van der Waals surface area (Å²) in [6, 6.07) is 9.79. The number of hydrogen-bond donors (Lipinski definition) is 2. The van der Waals surface area contributed by atoms with Crippen molar-refractivity contribution in [1.29, 1.82) is 5.26 Å². The van der Waals surface area contributed by atoms with Gasteiger partial charge in [-0.15, -0.1) is 10.2 Å². The molecule has 1 amide bonds. The monoisotopic (exact) mass is 378 g/mol. The number of aromatic nitrogens is 4. The first-order valence-electron chi connectivity index (χ1n) is 8.10. The summed E-state index contributed by atoms with van der Waals surface area (Å²) in [4.78, 5) is 19.8. The number of fused-ring (bicyclic) bond motifs is 3. The number of H-pyrrole nitrogens is 1. The number of para-hydroxylation sites is 1. The smallest absolute Gasteiger partial charge is 0.237 e. The normalized spacial score (nSPS) is 11.0. The van der Waals surface area contributed by atoms with Crippen molar-refractivity contribution in [3.8, 4) is 6.07 Å². The van der Waals surface area contributed by atoms with Gasteiger partial charge in [-0.25, -0.2) is 4.98 Å². The molecule has 8 nitrogen and oxygen atoms in total. The molecule has 0 radical (unpaired) electrons. The van der Waals surface area contributed by atoms with E-state index in [0.29, 0.717) is 27.6 Å². The lowest BCUT2D eigenvalue weighted by molar-refractivity contribution is -0.113. The van der Waals surface area contributed by atoms with Crippen molar-refractivity contribution in [2.75, 3.05) is 11.1 Å². The molecule has 0 saturated heterocycles. The van der Waals surface area contributed by atoms with Crippen LogP contribution in [0.3, 0.4) is 0 Å². The van der Waals surface area contributed by atoms with E-state index in [2.05, 4.69) is 25.5 Å². The van der Waals surface area contributed by atoms with Crippen LogP contribution in [0.5, 0.6) is 0 Å². The molecule has 2 N–H and O–H groups in total. The molecule has 27 heavy (non-hydrogen) atoms. The molecule has 0 aliphatic rings. The van der Waals surface area contributed by atoms with Gasteiger partial charge in [0.1, 0.15) is 22.9 Å². The number of furan rings is 1. The molecule has 3 heterocycles. The van der Waals surface area contributed by atoms with Gasteiger partial charge in [-0.3, -0.25) is 10.1 Å². The van der Waals surface area contributed by atoms with Crippen molar-refractivity contribution in [3.05, 3.63) is 41.2 Å². The Hall–Kier alpha value is -3.38. The second-order valence-corrected chi connectivity index (χ2v) is 6.84. The highest BCUT2D eigenvalue weighted by atomic mass is 32.2. The lowest BCUT2D eigenvalue weighted by atomic mass is 10.2. The Morgan fingerprint density at radius 2 is 2.15 bits per heavy atom. The van der Waals surface area contributed by atoms with Gasteiger partial charge in [-0.2, -0.15) is 5.26 Å². The van der Waals surface area contributed by atoms with E-state index in [0.717, 1.165) is 28.2 Å². The molecule has 134 valence electrons. The molecule has 0 atom stereocenters. The van der Waals surface area contributed by atoms with Crippen LogP contribution >= 0.6 is 11.8 Å². The first-order chi connectivity index (χ1) is 13.1. The Bertz CT molecular complexity index is 1220. The molecule has 0 aliphatic carbocycles. The summed E-state index contributed by atoms with van der Waals surface area (Å²) >= 11 is 1.16. The standard InChI is InChI=1S/C18H14N6O2S/c1-9-10(2)26-17(12(9)7-19)21-14(25)8-27-18-22-16-15(23-24-18)11-5-3-4-6-13(11)20-16/h3-6H,8H2,1-2H3,(H,21,25)(H,20,22,24). The van der Waals surface area contributed by atoms with Gasteiger partial charge < -0.3 is 9.40 Å². The van der Waals surface area contributed by atoms with Crippen LogP contribution < -0.4 is 5.32 Å². The maximum Gasteiger partial charge on any atom is 0.237 e. The van der Waals surface area contributed by atoms with E-state index in [9.17, 15) is 10.1 Å². The van der Waals surface area contributed by atoms with E-state index in [1.165, 1.54) is 0 Å². The zero-order chi connectivity index (χ0) is 19.0. The van der Waals surface area contributed by atoms with E-state index in [4.69, 9.17) is 4.42 Å². The maximum absolute atomic E-state index is 12.2. The highest BCUT2D eigenvalue weighted by molar-refractivity contribution is 7.99. The van der Waals surface area contributed by atoms with Gasteiger partial charge in [0.15, 0.2) is 5.65 Å². The van der Waals surface area contributed by atoms with Crippen molar-refractivity contribution in [2.45, 2.75) is 19.0 Å². The summed E-state index contributed by atoms with van der Waals surface area (Å²) in [6.07, 6.45) is 0. The Labute approximate surface area is 158 Å². The van der Waals surface area contributed by atoms with Gasteiger partial charge in [0.05, 0.1) is 5.75 Å². The highest BCUT2D eigenvalue weighted by Crippen LogP contribution is 2.26. The quantitative estimate of drug-likeness (QED) is 0.523. The van der Waals surface area contributed by atoms with Gasteiger partial charge in [-0.05, 0) is 19.9 Å². The molecule has 0 spiro atoms. The number of rotatable bonds is 4. The molecule has 9 heteroatoms. The second-order valence-electron chi connectivity index (χ2n) is 5.90. The fourth-order valence-corrected chi connectivity index (χ4v) is 3.30. The number of aryl methyl sites for hydroxylation is 1. The van der Waals surface area contributed by atoms with Crippen LogP contribution in [-0.2, 0) is 4.79 Å². The average molecular weight is 378 g/mol. The Kier molecular flexibility index (Phi) is 4.25. The fourth-order valence-electron chi connectivity index (χ4n) is 2.71. The predicted molar refractivity (Wildman–Crippen MR) is 101 cm³/mol. The number of aromatic amines is 1. The number of nitrogens with zero attached hydrogens (tertiary/aromatic N) is 4. The molecule has 0 unspecified atom stereocenters. The molecule has 4 aromatic rings. The Morgan fingerprint density at radius 1 is 1.33 bits per heavy atom. The van der Waals surface area contributed by atoms with Gasteiger partial charge in [-0.1, -0.05) is 30.0 Å². The first-order valence-corrected chi connectivity index (χ1v) is 9.09. The summed E-state index contributed by atoms with van der Waals surface area (Å²) in [7, 11) is 0. The van der Waals surface area contributed by atoms with Crippen LogP contribution in [0.4, 0.5) is 5.88 Å². The number of nitriles is 1. The van der Waals surface area contributed by atoms with Gasteiger partial charge >= 0.3 is 0 Å². The van der Waals surface area contributed by atoms with E-state index in [1.54, 1.807) is 13.8 Å². The fraction of sp³-hybridized carbons (Fsp3) is 0.167. The molecule has 0 bridgehead atoms. The number of amides is 1. The third-order valence-electron chi connectivity index (χ3n) is 4.18. The second kappa shape index (κ2) is 6.74. The van der Waals surface area contributed by atoms with Gasteiger partial charge in [0, 0.05) is 16.5 Å². The van der Waals surface area contributed by atoms with E-state index in [1.807, 2.05) is 30.3 Å². The van der Waals surface area contributed by atoms with Crippen molar-refractivity contribution >= 4 is 45.6 Å². The minimum Gasteiger partial charge on any atom is -0.444 e. The first kappa shape index (κ1) is 17.1. The van der Waals surface area contributed by atoms with Gasteiger partial charge in [0.2, 0.25) is 16.9 Å². The predicted octanol–water partition coefficient (Wildman–Crippen LogP) is 3.32. The molecule has 1 aromatic carbocycles. The van der Waals surface area contributed by atoms with Crippen LogP contribution in [-0.4, -0.2) is 31.8 Å². The molecular formula is C18H14N6O2S. The largest absolute Gasteiger partial charge is 0.444 e. The zero-order valence-electron chi connectivity index (χ0n) is 14.5. The third-order valence-corrected chi connectivity index (χ3v) is 5.02. The summed E-state index contributed by atoms with van der Waals surface area (Å²) < 4.78 is 5.44. The molecule has 4 rings (SSSR count). The number of carbonyl (C=O) groups excluding carboxylic acids is 1. The van der Waals surface area contributed by atoms with Crippen LogP contribution in [0.25, 0.3) is 22.1 Å². The average Bonchev–Trinajstić information content (AvgIpc) is 3.16. The SMILES string of the molecule is Cc1oc(NC(=O)CSc2nnc3c(n2)[nH]c2ccccc23)c(C#N)c1C. The van der Waals surface area contributed by atoms with Crippen molar-refractivity contribution in [2.24, 2.45) is 0 Å². The number of anilines is 1. The Balaban J connectivity index is 1.48. The maximum atomic E-state index is 12.2. The lowest BCUT2D eigenvalue weighted by Crippen LogP contribution is -2.14.